The number of aryl methyl sites for hydroxylation is 1. The molecule has 254 valence electrons. The van der Waals surface area contributed by atoms with Gasteiger partial charge in [0.15, 0.2) is 0 Å². The zero-order valence-corrected chi connectivity index (χ0v) is 24.8. The van der Waals surface area contributed by atoms with Gasteiger partial charge in [0.2, 0.25) is 5.91 Å². The van der Waals surface area contributed by atoms with E-state index in [0.29, 0.717) is 36.2 Å². The molecule has 4 rings (SSSR count). The van der Waals surface area contributed by atoms with Crippen LogP contribution in [0.2, 0.25) is 0 Å². The number of carbonyl (C=O) groups excluding carboxylic acids is 2. The number of anilines is 1. The molecule has 3 N–H and O–H groups in total. The molecular formula is C32H32F7N3O5. The Morgan fingerprint density at radius 2 is 1.60 bits per heavy atom. The fourth-order valence-electron chi connectivity index (χ4n) is 4.95. The maximum Gasteiger partial charge on any atom is 0.573 e. The van der Waals surface area contributed by atoms with Crippen LogP contribution in [-0.4, -0.2) is 63.0 Å². The molecule has 0 aromatic heterocycles. The van der Waals surface area contributed by atoms with Crippen molar-refractivity contribution < 1.29 is 54.5 Å². The highest BCUT2D eigenvalue weighted by Gasteiger charge is 2.31. The Balaban J connectivity index is 1.31. The summed E-state index contributed by atoms with van der Waals surface area (Å²) in [4.78, 5) is 24.7. The second-order valence-corrected chi connectivity index (χ2v) is 10.8. The Bertz CT molecular complexity index is 1460. The summed E-state index contributed by atoms with van der Waals surface area (Å²) in [5.41, 5.74) is 2.50. The smallest absolute Gasteiger partial charge is 0.448 e. The third kappa shape index (κ3) is 12.1. The molecule has 0 aliphatic carbocycles. The molecule has 0 radical (unpaired) electrons. The van der Waals surface area contributed by atoms with Gasteiger partial charge in [-0.2, -0.15) is 13.2 Å². The number of rotatable bonds is 12. The van der Waals surface area contributed by atoms with Crippen molar-refractivity contribution in [3.63, 3.8) is 0 Å². The molecule has 3 aromatic rings. The number of alkyl halides is 6. The predicted molar refractivity (Wildman–Crippen MR) is 156 cm³/mol. The topological polar surface area (TPSA) is 97.9 Å². The van der Waals surface area contributed by atoms with Gasteiger partial charge in [0.25, 0.3) is 0 Å². The van der Waals surface area contributed by atoms with Gasteiger partial charge in [0, 0.05) is 24.6 Å². The molecule has 0 bridgehead atoms. The fraction of sp³-hybridized carbons (Fsp3) is 0.375. The molecule has 0 unspecified atom stereocenters. The van der Waals surface area contributed by atoms with Gasteiger partial charge in [-0.25, -0.2) is 9.18 Å². The highest BCUT2D eigenvalue weighted by Crippen LogP contribution is 2.32. The summed E-state index contributed by atoms with van der Waals surface area (Å²) in [6, 6.07) is 17.4. The van der Waals surface area contributed by atoms with Gasteiger partial charge >= 0.3 is 18.6 Å². The number of ether oxygens (including phenoxy) is 3. The standard InChI is InChI=1S/C32H32F7N3O5/c33-23-10-5-20(6-11-23)27(21-7-12-25(13-8-21)47-32(37,38)39)15-29(43)42-28-4-2-1-3-22(28)9-14-26-16-40-24(17-45-26)18-46-30(44)41-19-31(34,35)36/h1-8,10-13,24,26-27,40H,9,14-19H2,(H,41,44)(H,42,43)/t24-,26+,27-/m0/s1. The highest BCUT2D eigenvalue weighted by molar-refractivity contribution is 5.92. The van der Waals surface area contributed by atoms with E-state index in [2.05, 4.69) is 15.4 Å². The Morgan fingerprint density at radius 3 is 2.21 bits per heavy atom. The van der Waals surface area contributed by atoms with Crippen LogP contribution >= 0.6 is 0 Å². The number of para-hydroxylation sites is 1. The first kappa shape index (κ1) is 35.5. The minimum absolute atomic E-state index is 0.0905. The van der Waals surface area contributed by atoms with E-state index in [1.54, 1.807) is 17.4 Å². The van der Waals surface area contributed by atoms with Crippen molar-refractivity contribution >= 4 is 17.7 Å². The number of hydrogen-bond acceptors (Lipinski definition) is 6. The molecule has 8 nitrogen and oxygen atoms in total. The van der Waals surface area contributed by atoms with Crippen molar-refractivity contribution in [2.24, 2.45) is 0 Å². The van der Waals surface area contributed by atoms with Crippen molar-refractivity contribution in [1.29, 1.82) is 0 Å². The largest absolute Gasteiger partial charge is 0.573 e. The van der Waals surface area contributed by atoms with Crippen molar-refractivity contribution in [1.82, 2.24) is 10.6 Å². The van der Waals surface area contributed by atoms with Crippen LogP contribution in [0.5, 0.6) is 5.75 Å². The van der Waals surface area contributed by atoms with Gasteiger partial charge in [-0.1, -0.05) is 42.5 Å². The summed E-state index contributed by atoms with van der Waals surface area (Å²) in [6.07, 6.45) is -9.81. The normalized spacial score (nSPS) is 17.4. The number of alkyl carbamates (subject to hydrolysis) is 1. The first-order valence-electron chi connectivity index (χ1n) is 14.6. The molecule has 2 amide bonds. The average molecular weight is 672 g/mol. The second-order valence-electron chi connectivity index (χ2n) is 10.8. The number of benzene rings is 3. The van der Waals surface area contributed by atoms with Gasteiger partial charge < -0.3 is 30.2 Å². The summed E-state index contributed by atoms with van der Waals surface area (Å²) < 4.78 is 103. The lowest BCUT2D eigenvalue weighted by Gasteiger charge is -2.30. The Kier molecular flexibility index (Phi) is 12.0. The van der Waals surface area contributed by atoms with Crippen LogP contribution < -0.4 is 20.7 Å². The lowest BCUT2D eigenvalue weighted by Crippen LogP contribution is -2.49. The van der Waals surface area contributed by atoms with Crippen LogP contribution in [0.1, 0.15) is 35.4 Å². The van der Waals surface area contributed by atoms with Crippen LogP contribution in [0.15, 0.2) is 72.8 Å². The number of amides is 2. The molecule has 3 atom stereocenters. The predicted octanol–water partition coefficient (Wildman–Crippen LogP) is 6.46. The number of hydrogen-bond donors (Lipinski definition) is 3. The minimum atomic E-state index is -4.85. The summed E-state index contributed by atoms with van der Waals surface area (Å²) in [6.45, 7) is -1.09. The van der Waals surface area contributed by atoms with E-state index in [1.165, 1.54) is 36.4 Å². The molecule has 1 fully saturated rings. The number of halogens is 7. The van der Waals surface area contributed by atoms with Crippen LogP contribution in [0.3, 0.4) is 0 Å². The van der Waals surface area contributed by atoms with Gasteiger partial charge in [-0.15, -0.1) is 13.2 Å². The molecule has 3 aromatic carbocycles. The molecule has 1 heterocycles. The van der Waals surface area contributed by atoms with Crippen molar-refractivity contribution in [2.75, 3.05) is 31.6 Å². The van der Waals surface area contributed by atoms with Crippen LogP contribution in [0.25, 0.3) is 0 Å². The van der Waals surface area contributed by atoms with Crippen LogP contribution in [0, 0.1) is 5.82 Å². The molecule has 1 saturated heterocycles. The number of nitrogens with one attached hydrogen (secondary N) is 3. The molecule has 1 aliphatic rings. The number of carbonyl (C=O) groups is 2. The third-order valence-corrected chi connectivity index (χ3v) is 7.22. The van der Waals surface area contributed by atoms with Crippen molar-refractivity contribution in [3.05, 3.63) is 95.3 Å². The Labute approximate surface area is 265 Å². The van der Waals surface area contributed by atoms with E-state index in [-0.39, 0.29) is 31.6 Å². The summed E-state index contributed by atoms with van der Waals surface area (Å²) in [5.74, 6) is -1.86. The fourth-order valence-corrected chi connectivity index (χ4v) is 4.95. The maximum atomic E-state index is 13.6. The first-order chi connectivity index (χ1) is 22.2. The summed E-state index contributed by atoms with van der Waals surface area (Å²) in [7, 11) is 0. The van der Waals surface area contributed by atoms with E-state index in [9.17, 15) is 40.3 Å². The molecule has 15 heteroatoms. The molecule has 0 saturated carbocycles. The van der Waals surface area contributed by atoms with E-state index >= 15 is 0 Å². The zero-order valence-electron chi connectivity index (χ0n) is 24.8. The lowest BCUT2D eigenvalue weighted by atomic mass is 9.88. The van der Waals surface area contributed by atoms with Gasteiger partial charge in [-0.05, 0) is 59.9 Å². The van der Waals surface area contributed by atoms with Crippen LogP contribution in [0.4, 0.5) is 41.2 Å². The third-order valence-electron chi connectivity index (χ3n) is 7.22. The maximum absolute atomic E-state index is 13.6. The SMILES string of the molecule is O=C(C[C@@H](c1ccc(F)cc1)c1ccc(OC(F)(F)F)cc1)Nc1ccccc1CC[C@@H]1CN[C@H](COC(=O)NCC(F)(F)F)CO1. The number of morpholine rings is 1. The van der Waals surface area contributed by atoms with Gasteiger partial charge in [-0.3, -0.25) is 4.79 Å². The zero-order chi connectivity index (χ0) is 34.0. The van der Waals surface area contributed by atoms with E-state index in [4.69, 9.17) is 9.47 Å². The summed E-state index contributed by atoms with van der Waals surface area (Å²) in [5, 5.41) is 7.68. The summed E-state index contributed by atoms with van der Waals surface area (Å²) >= 11 is 0. The van der Waals surface area contributed by atoms with Gasteiger partial charge in [0.05, 0.1) is 18.8 Å². The van der Waals surface area contributed by atoms with E-state index in [1.807, 2.05) is 12.1 Å². The lowest BCUT2D eigenvalue weighted by molar-refractivity contribution is -0.274. The second kappa shape index (κ2) is 16.0. The van der Waals surface area contributed by atoms with Crippen LogP contribution in [-0.2, 0) is 20.7 Å². The quantitative estimate of drug-likeness (QED) is 0.191. The Hall–Kier alpha value is -4.37. The first-order valence-corrected chi connectivity index (χ1v) is 14.6. The molecule has 47 heavy (non-hydrogen) atoms. The highest BCUT2D eigenvalue weighted by atomic mass is 19.4. The van der Waals surface area contributed by atoms with Crippen molar-refractivity contribution in [2.45, 2.75) is 49.9 Å². The molecule has 1 aliphatic heterocycles. The minimum Gasteiger partial charge on any atom is -0.448 e. The van der Waals surface area contributed by atoms with E-state index < -0.39 is 48.7 Å². The van der Waals surface area contributed by atoms with E-state index in [0.717, 1.165) is 17.7 Å². The molecule has 0 spiro atoms. The molecular weight excluding hydrogens is 639 g/mol. The van der Waals surface area contributed by atoms with Crippen molar-refractivity contribution in [3.8, 4) is 5.75 Å². The Morgan fingerprint density at radius 1 is 0.936 bits per heavy atom. The average Bonchev–Trinajstić information content (AvgIpc) is 3.01. The van der Waals surface area contributed by atoms with Gasteiger partial charge in [0.1, 0.15) is 24.7 Å². The monoisotopic (exact) mass is 671 g/mol.